The zero-order valence-corrected chi connectivity index (χ0v) is 12.4. The predicted octanol–water partition coefficient (Wildman–Crippen LogP) is 2.33. The highest BCUT2D eigenvalue weighted by molar-refractivity contribution is 7.90. The quantitative estimate of drug-likeness (QED) is 0.861. The summed E-state index contributed by atoms with van der Waals surface area (Å²) in [6.07, 6.45) is 0. The molecule has 2 aliphatic rings. The van der Waals surface area contributed by atoms with Crippen LogP contribution in [0.1, 0.15) is 27.0 Å². The van der Waals surface area contributed by atoms with E-state index in [4.69, 9.17) is 4.74 Å². The molecule has 0 amide bonds. The van der Waals surface area contributed by atoms with Crippen LogP contribution in [0.2, 0.25) is 0 Å². The number of hydrogen-bond acceptors (Lipinski definition) is 5. The molecule has 0 aliphatic carbocycles. The average molecular weight is 314 g/mol. The molecule has 1 radical (unpaired) electrons. The standard InChI is InChI=1S/C16H12NO4S/c18-16-13-6-12(5-4-10(13)7-21-16)17-15-3-1-2-11-8-22(19,20)9-14(11)15/h1-2,4-6,17H,7-9H2. The minimum absolute atomic E-state index is 0.0228. The van der Waals surface area contributed by atoms with E-state index >= 15 is 0 Å². The lowest BCUT2D eigenvalue weighted by Gasteiger charge is -2.10. The van der Waals surface area contributed by atoms with Gasteiger partial charge < -0.3 is 10.1 Å². The van der Waals surface area contributed by atoms with Crippen LogP contribution in [0.4, 0.5) is 11.4 Å². The van der Waals surface area contributed by atoms with Gasteiger partial charge >= 0.3 is 5.97 Å². The first kappa shape index (κ1) is 13.3. The minimum Gasteiger partial charge on any atom is -0.457 e. The van der Waals surface area contributed by atoms with Crippen molar-refractivity contribution >= 4 is 27.2 Å². The summed E-state index contributed by atoms with van der Waals surface area (Å²) in [7, 11) is -3.07. The highest BCUT2D eigenvalue weighted by atomic mass is 32.2. The summed E-state index contributed by atoms with van der Waals surface area (Å²) in [5, 5.41) is 3.16. The molecule has 0 bridgehead atoms. The number of sulfone groups is 1. The molecule has 2 aliphatic heterocycles. The number of carbonyl (C=O) groups is 1. The van der Waals surface area contributed by atoms with Crippen LogP contribution >= 0.6 is 0 Å². The predicted molar refractivity (Wildman–Crippen MR) is 80.5 cm³/mol. The first-order valence-corrected chi connectivity index (χ1v) is 8.64. The second-order valence-electron chi connectivity index (χ2n) is 5.46. The van der Waals surface area contributed by atoms with Crippen LogP contribution in [0.5, 0.6) is 0 Å². The molecule has 5 nitrogen and oxygen atoms in total. The fraction of sp³-hybridized carbons (Fsp3) is 0.188. The molecule has 0 saturated heterocycles. The van der Waals surface area contributed by atoms with Crippen molar-refractivity contribution < 1.29 is 17.9 Å². The number of esters is 1. The number of rotatable bonds is 2. The second-order valence-corrected chi connectivity index (χ2v) is 7.53. The number of nitrogens with one attached hydrogen (secondary N) is 1. The lowest BCUT2D eigenvalue weighted by atomic mass is 10.1. The normalized spacial score (nSPS) is 17.7. The average Bonchev–Trinajstić information content (AvgIpc) is 2.99. The zero-order chi connectivity index (χ0) is 15.3. The zero-order valence-electron chi connectivity index (χ0n) is 11.5. The number of carbonyl (C=O) groups excluding carboxylic acids is 1. The van der Waals surface area contributed by atoms with E-state index in [-0.39, 0.29) is 17.5 Å². The molecule has 2 heterocycles. The van der Waals surface area contributed by atoms with Gasteiger partial charge in [-0.2, -0.15) is 0 Å². The van der Waals surface area contributed by atoms with Crippen LogP contribution in [0.25, 0.3) is 0 Å². The van der Waals surface area contributed by atoms with Crippen molar-refractivity contribution in [3.63, 3.8) is 0 Å². The summed E-state index contributed by atoms with van der Waals surface area (Å²) in [6, 6.07) is 11.9. The molecule has 0 atom stereocenters. The van der Waals surface area contributed by atoms with E-state index in [1.165, 1.54) is 0 Å². The fourth-order valence-electron chi connectivity index (χ4n) is 2.83. The van der Waals surface area contributed by atoms with Crippen LogP contribution < -0.4 is 5.32 Å². The molecule has 0 spiro atoms. The van der Waals surface area contributed by atoms with Crippen molar-refractivity contribution in [2.45, 2.75) is 18.1 Å². The molecule has 1 N–H and O–H groups in total. The molecule has 0 aromatic heterocycles. The number of cyclic esters (lactones) is 1. The minimum atomic E-state index is -3.07. The maximum absolute atomic E-state index is 11.8. The van der Waals surface area contributed by atoms with Gasteiger partial charge in [0, 0.05) is 17.3 Å². The third-order valence-electron chi connectivity index (χ3n) is 3.90. The number of fused-ring (bicyclic) bond motifs is 2. The number of ether oxygens (including phenoxy) is 1. The third-order valence-corrected chi connectivity index (χ3v) is 5.38. The van der Waals surface area contributed by atoms with Crippen molar-refractivity contribution in [3.8, 4) is 0 Å². The van der Waals surface area contributed by atoms with E-state index in [1.807, 2.05) is 12.1 Å². The lowest BCUT2D eigenvalue weighted by Crippen LogP contribution is -2.00. The van der Waals surface area contributed by atoms with Crippen molar-refractivity contribution in [2.24, 2.45) is 0 Å². The molecule has 0 saturated carbocycles. The van der Waals surface area contributed by atoms with Gasteiger partial charge in [0.25, 0.3) is 0 Å². The van der Waals surface area contributed by atoms with Crippen molar-refractivity contribution in [2.75, 3.05) is 5.32 Å². The van der Waals surface area contributed by atoms with Crippen LogP contribution in [0.15, 0.2) is 30.3 Å². The summed E-state index contributed by atoms with van der Waals surface area (Å²) in [4.78, 5) is 11.6. The largest absolute Gasteiger partial charge is 0.457 e. The monoisotopic (exact) mass is 314 g/mol. The van der Waals surface area contributed by atoms with Gasteiger partial charge in [0.2, 0.25) is 0 Å². The van der Waals surface area contributed by atoms with Gasteiger partial charge in [-0.3, -0.25) is 0 Å². The molecule has 4 rings (SSSR count). The van der Waals surface area contributed by atoms with Gasteiger partial charge in [-0.1, -0.05) is 18.2 Å². The Balaban J connectivity index is 1.70. The summed E-state index contributed by atoms with van der Waals surface area (Å²) in [6.45, 7) is 0.305. The smallest absolute Gasteiger partial charge is 0.338 e. The second kappa shape index (κ2) is 4.58. The van der Waals surface area contributed by atoms with Gasteiger partial charge in [0.05, 0.1) is 22.8 Å². The highest BCUT2D eigenvalue weighted by Gasteiger charge is 2.27. The highest BCUT2D eigenvalue weighted by Crippen LogP contribution is 2.33. The molecule has 111 valence electrons. The van der Waals surface area contributed by atoms with Gasteiger partial charge in [0.1, 0.15) is 6.61 Å². The Morgan fingerprint density at radius 2 is 2.00 bits per heavy atom. The molecule has 2 aromatic carbocycles. The SMILES string of the molecule is O=C1OCc2ccc(Nc3[c]ccc4c3CS(=O)(=O)C4)cc21. The number of anilines is 2. The Kier molecular flexibility index (Phi) is 2.77. The Bertz CT molecular complexity index is 902. The summed E-state index contributed by atoms with van der Waals surface area (Å²) in [5.74, 6) is -0.236. The molecular weight excluding hydrogens is 302 g/mol. The van der Waals surface area contributed by atoms with Crippen LogP contribution in [-0.4, -0.2) is 14.4 Å². The lowest BCUT2D eigenvalue weighted by molar-refractivity contribution is 0.0535. The molecule has 0 fully saturated rings. The molecule has 6 heteroatoms. The fourth-order valence-corrected chi connectivity index (χ4v) is 4.44. The van der Waals surface area contributed by atoms with Gasteiger partial charge in [0.15, 0.2) is 9.84 Å². The molecular formula is C16H12NO4S. The van der Waals surface area contributed by atoms with Crippen LogP contribution in [-0.2, 0) is 32.7 Å². The number of benzene rings is 2. The van der Waals surface area contributed by atoms with E-state index in [0.717, 1.165) is 16.7 Å². The topological polar surface area (TPSA) is 72.5 Å². The van der Waals surface area contributed by atoms with Gasteiger partial charge in [-0.15, -0.1) is 0 Å². The van der Waals surface area contributed by atoms with E-state index < -0.39 is 9.84 Å². The van der Waals surface area contributed by atoms with Gasteiger partial charge in [-0.05, 0) is 23.3 Å². The van der Waals surface area contributed by atoms with E-state index in [9.17, 15) is 13.2 Å². The number of hydrogen-bond donors (Lipinski definition) is 1. The first-order chi connectivity index (χ1) is 10.5. The summed E-state index contributed by atoms with van der Waals surface area (Å²) >= 11 is 0. The third kappa shape index (κ3) is 2.16. The van der Waals surface area contributed by atoms with Crippen molar-refractivity contribution in [1.82, 2.24) is 0 Å². The van der Waals surface area contributed by atoms with Gasteiger partial charge in [-0.25, -0.2) is 13.2 Å². The van der Waals surface area contributed by atoms with Crippen molar-refractivity contribution in [3.05, 3.63) is 58.7 Å². The Labute approximate surface area is 127 Å². The van der Waals surface area contributed by atoms with E-state index in [1.54, 1.807) is 18.2 Å². The first-order valence-electron chi connectivity index (χ1n) is 6.82. The van der Waals surface area contributed by atoms with Crippen LogP contribution in [0.3, 0.4) is 0 Å². The Morgan fingerprint density at radius 3 is 2.86 bits per heavy atom. The van der Waals surface area contributed by atoms with E-state index in [0.29, 0.717) is 23.5 Å². The maximum atomic E-state index is 11.8. The molecule has 2 aromatic rings. The Morgan fingerprint density at radius 1 is 1.14 bits per heavy atom. The molecule has 22 heavy (non-hydrogen) atoms. The van der Waals surface area contributed by atoms with Crippen molar-refractivity contribution in [1.29, 1.82) is 0 Å². The van der Waals surface area contributed by atoms with Crippen LogP contribution in [0, 0.1) is 6.07 Å². The van der Waals surface area contributed by atoms with E-state index in [2.05, 4.69) is 11.4 Å². The summed E-state index contributed by atoms with van der Waals surface area (Å²) < 4.78 is 28.5. The Hall–Kier alpha value is -2.34. The molecule has 0 unspecified atom stereocenters. The summed E-state index contributed by atoms with van der Waals surface area (Å²) in [5.41, 5.74) is 4.33. The maximum Gasteiger partial charge on any atom is 0.338 e.